The van der Waals surface area contributed by atoms with Gasteiger partial charge in [0.25, 0.3) is 0 Å². The van der Waals surface area contributed by atoms with Crippen molar-refractivity contribution in [3.8, 4) is 11.5 Å². The van der Waals surface area contributed by atoms with Crippen LogP contribution < -0.4 is 9.47 Å². The van der Waals surface area contributed by atoms with Gasteiger partial charge >= 0.3 is 0 Å². The van der Waals surface area contributed by atoms with Crippen molar-refractivity contribution in [3.63, 3.8) is 0 Å². The Balaban J connectivity index is 1.07. The van der Waals surface area contributed by atoms with Gasteiger partial charge in [-0.2, -0.15) is 0 Å². The van der Waals surface area contributed by atoms with Crippen LogP contribution in [0.4, 0.5) is 0 Å². The average Bonchev–Trinajstić information content (AvgIpc) is 3.73. The van der Waals surface area contributed by atoms with E-state index < -0.39 is 0 Å². The molecule has 6 fully saturated rings. The summed E-state index contributed by atoms with van der Waals surface area (Å²) in [4.78, 5) is 0. The predicted octanol–water partition coefficient (Wildman–Crippen LogP) is 4.52. The van der Waals surface area contributed by atoms with Crippen molar-refractivity contribution in [3.05, 3.63) is 23.8 Å². The molecule has 0 radical (unpaired) electrons. The highest BCUT2D eigenvalue weighted by Gasteiger charge is 2.52. The number of epoxide rings is 2. The average molecular weight is 473 g/mol. The lowest BCUT2D eigenvalue weighted by Crippen LogP contribution is -2.48. The van der Waals surface area contributed by atoms with E-state index >= 15 is 0 Å². The molecule has 6 nitrogen and oxygen atoms in total. The molecule has 7 rings (SSSR count). The summed E-state index contributed by atoms with van der Waals surface area (Å²) in [5.74, 6) is 4.67. The number of hydrogen-bond acceptors (Lipinski definition) is 6. The Morgan fingerprint density at radius 1 is 0.735 bits per heavy atom. The van der Waals surface area contributed by atoms with E-state index in [1.165, 1.54) is 44.1 Å². The number of rotatable bonds is 15. The van der Waals surface area contributed by atoms with Crippen molar-refractivity contribution < 1.29 is 28.4 Å². The van der Waals surface area contributed by atoms with Gasteiger partial charge in [0.15, 0.2) is 0 Å². The first-order valence-electron chi connectivity index (χ1n) is 13.5. The molecule has 2 unspecified atom stereocenters. The minimum absolute atomic E-state index is 0.307. The summed E-state index contributed by atoms with van der Waals surface area (Å²) in [5.41, 5.74) is 1.74. The predicted molar refractivity (Wildman–Crippen MR) is 128 cm³/mol. The van der Waals surface area contributed by atoms with Crippen LogP contribution in [0, 0.1) is 17.8 Å². The van der Waals surface area contributed by atoms with Crippen molar-refractivity contribution in [1.29, 1.82) is 0 Å². The molecule has 0 amide bonds. The molecular weight excluding hydrogens is 432 g/mol. The largest absolute Gasteiger partial charge is 0.493 e. The van der Waals surface area contributed by atoms with Gasteiger partial charge in [-0.3, -0.25) is 0 Å². The summed E-state index contributed by atoms with van der Waals surface area (Å²) in [6.45, 7) is 5.85. The van der Waals surface area contributed by atoms with Crippen LogP contribution in [0.1, 0.15) is 56.9 Å². The summed E-state index contributed by atoms with van der Waals surface area (Å²) in [5, 5.41) is 0. The van der Waals surface area contributed by atoms with Gasteiger partial charge in [-0.25, -0.2) is 0 Å². The molecule has 0 spiro atoms. The summed E-state index contributed by atoms with van der Waals surface area (Å²) >= 11 is 0. The minimum Gasteiger partial charge on any atom is -0.493 e. The molecule has 34 heavy (non-hydrogen) atoms. The van der Waals surface area contributed by atoms with E-state index in [0.717, 1.165) is 55.3 Å². The Morgan fingerprint density at radius 2 is 1.29 bits per heavy atom. The van der Waals surface area contributed by atoms with Crippen LogP contribution in [0.3, 0.4) is 0 Å². The normalized spacial score (nSPS) is 34.9. The molecule has 188 valence electrons. The minimum atomic E-state index is 0.307. The van der Waals surface area contributed by atoms with E-state index in [1.807, 2.05) is 0 Å². The zero-order chi connectivity index (χ0) is 22.8. The van der Waals surface area contributed by atoms with Gasteiger partial charge in [0.05, 0.1) is 39.6 Å². The van der Waals surface area contributed by atoms with Crippen LogP contribution in [0.15, 0.2) is 18.2 Å². The second-order valence-corrected chi connectivity index (χ2v) is 11.3. The van der Waals surface area contributed by atoms with Gasteiger partial charge in [0.2, 0.25) is 0 Å². The fraction of sp³-hybridized carbons (Fsp3) is 0.786. The highest BCUT2D eigenvalue weighted by molar-refractivity contribution is 5.46. The third-order valence-corrected chi connectivity index (χ3v) is 8.37. The summed E-state index contributed by atoms with van der Waals surface area (Å²) in [7, 11) is 0. The van der Waals surface area contributed by atoms with E-state index in [1.54, 1.807) is 0 Å². The molecule has 1 aromatic carbocycles. The Bertz CT molecular complexity index is 782. The van der Waals surface area contributed by atoms with Crippen molar-refractivity contribution >= 4 is 0 Å². The lowest BCUT2D eigenvalue weighted by molar-refractivity contribution is -0.00650. The standard InChI is InChI=1S/C28H40O6/c1(5-29-16-24-18-33-24)7-31-23-3-4-26(27(12-23)32-8-2-6-30-17-25-19-34-25)28-13-20-9-21(14-28)11-22(10-20)15-28/h3-4,12,20-22,24-25H,1-2,5-11,13-19H2. The van der Waals surface area contributed by atoms with Gasteiger partial charge in [-0.15, -0.1) is 0 Å². The molecule has 2 atom stereocenters. The van der Waals surface area contributed by atoms with E-state index in [-0.39, 0.29) is 0 Å². The Hall–Kier alpha value is -1.34. The van der Waals surface area contributed by atoms with Crippen LogP contribution in [0.25, 0.3) is 0 Å². The van der Waals surface area contributed by atoms with E-state index in [9.17, 15) is 0 Å². The third-order valence-electron chi connectivity index (χ3n) is 8.37. The Morgan fingerprint density at radius 3 is 1.85 bits per heavy atom. The zero-order valence-electron chi connectivity index (χ0n) is 20.4. The van der Waals surface area contributed by atoms with Gasteiger partial charge in [-0.05, 0) is 67.8 Å². The van der Waals surface area contributed by atoms with Gasteiger partial charge in [-0.1, -0.05) is 6.07 Å². The summed E-state index contributed by atoms with van der Waals surface area (Å²) < 4.78 is 34.3. The van der Waals surface area contributed by atoms with E-state index in [4.69, 9.17) is 28.4 Å². The van der Waals surface area contributed by atoms with Crippen molar-refractivity contribution in [2.45, 2.75) is 69.0 Å². The molecule has 2 aliphatic heterocycles. The molecule has 4 bridgehead atoms. The highest BCUT2D eigenvalue weighted by Crippen LogP contribution is 2.62. The molecule has 2 saturated heterocycles. The Kier molecular flexibility index (Phi) is 7.02. The third kappa shape index (κ3) is 5.72. The topological polar surface area (TPSA) is 62.0 Å². The molecule has 4 aliphatic carbocycles. The number of hydrogen-bond donors (Lipinski definition) is 0. The number of ether oxygens (including phenoxy) is 6. The van der Waals surface area contributed by atoms with Gasteiger partial charge in [0.1, 0.15) is 23.7 Å². The van der Waals surface area contributed by atoms with E-state index in [2.05, 4.69) is 18.2 Å². The van der Waals surface area contributed by atoms with Crippen LogP contribution >= 0.6 is 0 Å². The molecule has 6 aliphatic rings. The van der Waals surface area contributed by atoms with Crippen molar-refractivity contribution in [2.24, 2.45) is 17.8 Å². The van der Waals surface area contributed by atoms with E-state index in [0.29, 0.717) is 57.3 Å². The van der Waals surface area contributed by atoms with Gasteiger partial charge in [0, 0.05) is 37.7 Å². The zero-order valence-corrected chi connectivity index (χ0v) is 20.4. The fourth-order valence-electron chi connectivity index (χ4n) is 7.04. The molecule has 6 heteroatoms. The molecule has 2 heterocycles. The smallest absolute Gasteiger partial charge is 0.126 e. The van der Waals surface area contributed by atoms with Crippen LogP contribution in [-0.2, 0) is 24.4 Å². The molecule has 0 aromatic heterocycles. The highest BCUT2D eigenvalue weighted by atomic mass is 16.6. The lowest BCUT2D eigenvalue weighted by Gasteiger charge is -2.57. The lowest BCUT2D eigenvalue weighted by atomic mass is 9.48. The molecular formula is C28H40O6. The monoisotopic (exact) mass is 472 g/mol. The maximum Gasteiger partial charge on any atom is 0.126 e. The fourth-order valence-corrected chi connectivity index (χ4v) is 7.04. The van der Waals surface area contributed by atoms with Gasteiger partial charge < -0.3 is 28.4 Å². The number of benzene rings is 1. The first-order chi connectivity index (χ1) is 16.8. The van der Waals surface area contributed by atoms with Crippen LogP contribution in [-0.4, -0.2) is 65.1 Å². The SMILES string of the molecule is c1cc(C23CC4CC(CC(C4)C2)C3)c(OCCCOCC2CO2)cc1OCCCOCC1CO1. The quantitative estimate of drug-likeness (QED) is 0.276. The first kappa shape index (κ1) is 23.1. The second kappa shape index (κ2) is 10.3. The Labute approximate surface area is 203 Å². The van der Waals surface area contributed by atoms with Crippen molar-refractivity contribution in [1.82, 2.24) is 0 Å². The molecule has 0 N–H and O–H groups in total. The summed E-state index contributed by atoms with van der Waals surface area (Å²) in [6, 6.07) is 6.63. The van der Waals surface area contributed by atoms with Crippen LogP contribution in [0.2, 0.25) is 0 Å². The second-order valence-electron chi connectivity index (χ2n) is 11.3. The molecule has 4 saturated carbocycles. The summed E-state index contributed by atoms with van der Waals surface area (Å²) in [6.07, 6.45) is 10.8. The van der Waals surface area contributed by atoms with Crippen LogP contribution in [0.5, 0.6) is 11.5 Å². The maximum atomic E-state index is 6.44. The van der Waals surface area contributed by atoms with Crippen molar-refractivity contribution in [2.75, 3.05) is 52.9 Å². The first-order valence-corrected chi connectivity index (χ1v) is 13.5. The molecule has 1 aromatic rings. The maximum absolute atomic E-state index is 6.44.